The minimum Gasteiger partial charge on any atom is -0.497 e. The summed E-state index contributed by atoms with van der Waals surface area (Å²) in [6.07, 6.45) is 10.2. The first-order valence-corrected chi connectivity index (χ1v) is 9.48. The van der Waals surface area contributed by atoms with Crippen molar-refractivity contribution >= 4 is 38.9 Å². The van der Waals surface area contributed by atoms with Crippen LogP contribution in [-0.4, -0.2) is 33.7 Å². The van der Waals surface area contributed by atoms with Crippen LogP contribution >= 0.6 is 27.7 Å². The summed E-state index contributed by atoms with van der Waals surface area (Å²) in [6.45, 7) is 0.730. The van der Waals surface area contributed by atoms with Crippen LogP contribution in [0, 0.1) is 12.3 Å². The van der Waals surface area contributed by atoms with Crippen molar-refractivity contribution in [1.82, 2.24) is 19.5 Å². The van der Waals surface area contributed by atoms with Gasteiger partial charge in [0.2, 0.25) is 0 Å². The highest BCUT2D eigenvalue weighted by Gasteiger charge is 2.18. The van der Waals surface area contributed by atoms with E-state index in [1.807, 2.05) is 12.1 Å². The van der Waals surface area contributed by atoms with Gasteiger partial charge in [0.25, 0.3) is 0 Å². The predicted octanol–water partition coefficient (Wildman–Crippen LogP) is 4.17. The van der Waals surface area contributed by atoms with E-state index in [2.05, 4.69) is 41.4 Å². The van der Waals surface area contributed by atoms with Crippen LogP contribution in [0.15, 0.2) is 39.2 Å². The highest BCUT2D eigenvalue weighted by molar-refractivity contribution is 9.10. The SMILES string of the molecule is C#CCCCn1c(Sc2cc(OC)cc(Br)c2OC)nc2cncnc21. The van der Waals surface area contributed by atoms with Crippen molar-refractivity contribution in [3.63, 3.8) is 0 Å². The minimum absolute atomic E-state index is 0.697. The Bertz CT molecular complexity index is 968. The Morgan fingerprint density at radius 1 is 1.31 bits per heavy atom. The summed E-state index contributed by atoms with van der Waals surface area (Å²) in [6, 6.07) is 3.79. The second-order valence-corrected chi connectivity index (χ2v) is 7.19. The van der Waals surface area contributed by atoms with Crippen LogP contribution in [0.2, 0.25) is 0 Å². The Hall–Kier alpha value is -2.24. The summed E-state index contributed by atoms with van der Waals surface area (Å²) in [5, 5.41) is 0.802. The lowest BCUT2D eigenvalue weighted by Gasteiger charge is -2.13. The Balaban J connectivity index is 2.04. The second-order valence-electron chi connectivity index (χ2n) is 5.33. The molecule has 0 radical (unpaired) electrons. The molecule has 2 aromatic heterocycles. The predicted molar refractivity (Wildman–Crippen MR) is 105 cm³/mol. The Morgan fingerprint density at radius 3 is 2.88 bits per heavy atom. The molecule has 26 heavy (non-hydrogen) atoms. The lowest BCUT2D eigenvalue weighted by atomic mass is 10.3. The zero-order valence-electron chi connectivity index (χ0n) is 14.4. The van der Waals surface area contributed by atoms with Gasteiger partial charge in [-0.1, -0.05) is 0 Å². The number of imidazole rings is 1. The highest BCUT2D eigenvalue weighted by atomic mass is 79.9. The van der Waals surface area contributed by atoms with Gasteiger partial charge in [-0.15, -0.1) is 12.3 Å². The first-order valence-electron chi connectivity index (χ1n) is 7.87. The summed E-state index contributed by atoms with van der Waals surface area (Å²) in [5.41, 5.74) is 1.54. The molecule has 0 unspecified atom stereocenters. The molecular formula is C18H17BrN4O2S. The van der Waals surface area contributed by atoms with E-state index in [1.54, 1.807) is 20.4 Å². The van der Waals surface area contributed by atoms with Crippen LogP contribution in [0.4, 0.5) is 0 Å². The fourth-order valence-corrected chi connectivity index (χ4v) is 4.33. The van der Waals surface area contributed by atoms with Gasteiger partial charge < -0.3 is 14.0 Å². The minimum atomic E-state index is 0.697. The molecule has 0 saturated heterocycles. The molecule has 0 spiro atoms. The van der Waals surface area contributed by atoms with E-state index in [1.165, 1.54) is 18.1 Å². The number of benzene rings is 1. The van der Waals surface area contributed by atoms with Gasteiger partial charge in [-0.2, -0.15) is 0 Å². The number of rotatable bonds is 7. The van der Waals surface area contributed by atoms with Crippen molar-refractivity contribution in [3.8, 4) is 23.8 Å². The molecule has 1 aromatic carbocycles. The molecule has 0 saturated carbocycles. The van der Waals surface area contributed by atoms with E-state index < -0.39 is 0 Å². The lowest BCUT2D eigenvalue weighted by molar-refractivity contribution is 0.391. The third-order valence-corrected chi connectivity index (χ3v) is 5.31. The summed E-state index contributed by atoms with van der Waals surface area (Å²) in [7, 11) is 3.27. The van der Waals surface area contributed by atoms with Gasteiger partial charge in [0, 0.05) is 13.0 Å². The third kappa shape index (κ3) is 3.79. The van der Waals surface area contributed by atoms with Crippen molar-refractivity contribution in [2.75, 3.05) is 14.2 Å². The van der Waals surface area contributed by atoms with E-state index >= 15 is 0 Å². The first-order chi connectivity index (χ1) is 12.7. The van der Waals surface area contributed by atoms with Crippen LogP contribution in [0.1, 0.15) is 12.8 Å². The van der Waals surface area contributed by atoms with Crippen molar-refractivity contribution in [2.45, 2.75) is 29.4 Å². The topological polar surface area (TPSA) is 62.1 Å². The number of hydrogen-bond acceptors (Lipinski definition) is 6. The van der Waals surface area contributed by atoms with Crippen molar-refractivity contribution in [2.24, 2.45) is 0 Å². The zero-order chi connectivity index (χ0) is 18.5. The number of nitrogens with zero attached hydrogens (tertiary/aromatic N) is 4. The van der Waals surface area contributed by atoms with Gasteiger partial charge in [0.15, 0.2) is 10.8 Å². The number of terminal acetylenes is 1. The molecule has 0 aliphatic rings. The van der Waals surface area contributed by atoms with Gasteiger partial charge >= 0.3 is 0 Å². The normalized spacial score (nSPS) is 10.7. The van der Waals surface area contributed by atoms with Crippen molar-refractivity contribution in [1.29, 1.82) is 0 Å². The van der Waals surface area contributed by atoms with Crippen molar-refractivity contribution < 1.29 is 9.47 Å². The molecule has 2 heterocycles. The average Bonchev–Trinajstić information content (AvgIpc) is 2.99. The summed E-state index contributed by atoms with van der Waals surface area (Å²) >= 11 is 5.02. The number of halogens is 1. The van der Waals surface area contributed by atoms with Gasteiger partial charge in [0.1, 0.15) is 23.3 Å². The molecule has 0 atom stereocenters. The largest absolute Gasteiger partial charge is 0.497 e. The molecule has 0 amide bonds. The van der Waals surface area contributed by atoms with Gasteiger partial charge in [-0.25, -0.2) is 15.0 Å². The quantitative estimate of drug-likeness (QED) is 0.412. The summed E-state index contributed by atoms with van der Waals surface area (Å²) in [4.78, 5) is 14.0. The Morgan fingerprint density at radius 2 is 2.15 bits per heavy atom. The monoisotopic (exact) mass is 432 g/mol. The highest BCUT2D eigenvalue weighted by Crippen LogP contribution is 2.42. The molecule has 3 aromatic rings. The third-order valence-electron chi connectivity index (χ3n) is 3.70. The second kappa shape index (κ2) is 8.43. The van der Waals surface area contributed by atoms with Crippen LogP contribution in [0.3, 0.4) is 0 Å². The molecular weight excluding hydrogens is 416 g/mol. The smallest absolute Gasteiger partial charge is 0.175 e. The summed E-state index contributed by atoms with van der Waals surface area (Å²) in [5.74, 6) is 4.13. The molecule has 0 bridgehead atoms. The molecule has 6 nitrogen and oxygen atoms in total. The van der Waals surface area contributed by atoms with E-state index in [0.29, 0.717) is 6.42 Å². The lowest BCUT2D eigenvalue weighted by Crippen LogP contribution is -2.01. The first kappa shape index (κ1) is 18.5. The van der Waals surface area contributed by atoms with Crippen LogP contribution in [0.5, 0.6) is 11.5 Å². The number of aromatic nitrogens is 4. The van der Waals surface area contributed by atoms with Gasteiger partial charge in [-0.3, -0.25) is 0 Å². The Labute approximate surface area is 164 Å². The molecule has 8 heteroatoms. The molecule has 0 fully saturated rings. The average molecular weight is 433 g/mol. The van der Waals surface area contributed by atoms with E-state index in [-0.39, 0.29) is 0 Å². The van der Waals surface area contributed by atoms with Gasteiger partial charge in [0.05, 0.1) is 29.8 Å². The number of fused-ring (bicyclic) bond motifs is 1. The number of aryl methyl sites for hydroxylation is 1. The zero-order valence-corrected chi connectivity index (χ0v) is 16.8. The van der Waals surface area contributed by atoms with Crippen LogP contribution in [-0.2, 0) is 6.54 Å². The molecule has 0 aliphatic heterocycles. The Kier molecular flexibility index (Phi) is 6.01. The van der Waals surface area contributed by atoms with E-state index in [4.69, 9.17) is 15.9 Å². The van der Waals surface area contributed by atoms with Crippen molar-refractivity contribution in [3.05, 3.63) is 29.1 Å². The van der Waals surface area contributed by atoms with E-state index in [9.17, 15) is 0 Å². The number of methoxy groups -OCH3 is 2. The maximum absolute atomic E-state index is 5.55. The maximum atomic E-state index is 5.55. The summed E-state index contributed by atoms with van der Waals surface area (Å²) < 4.78 is 13.8. The standard InChI is InChI=1S/C18H17BrN4O2S/c1-4-5-6-7-23-17-14(10-20-11-21-17)22-18(23)26-15-9-12(24-2)8-13(19)16(15)25-3/h1,8-11H,5-7H2,2-3H3. The fraction of sp³-hybridized carbons (Fsp3) is 0.278. The van der Waals surface area contributed by atoms with Crippen LogP contribution in [0.25, 0.3) is 11.2 Å². The maximum Gasteiger partial charge on any atom is 0.175 e. The number of unbranched alkanes of at least 4 members (excludes halogenated alkanes) is 1. The van der Waals surface area contributed by atoms with Gasteiger partial charge in [-0.05, 0) is 46.2 Å². The van der Waals surface area contributed by atoms with Crippen LogP contribution < -0.4 is 9.47 Å². The number of ether oxygens (including phenoxy) is 2. The molecule has 134 valence electrons. The number of hydrogen-bond donors (Lipinski definition) is 0. The van der Waals surface area contributed by atoms with E-state index in [0.717, 1.165) is 50.2 Å². The fourth-order valence-electron chi connectivity index (χ4n) is 2.51. The molecule has 0 N–H and O–H groups in total. The molecule has 3 rings (SSSR count). The molecule has 0 aliphatic carbocycles.